The molecule has 132 valence electrons. The van der Waals surface area contributed by atoms with Crippen molar-refractivity contribution in [2.45, 2.75) is 50.6 Å². The van der Waals surface area contributed by atoms with Gasteiger partial charge < -0.3 is 14.2 Å². The molecule has 23 heavy (non-hydrogen) atoms. The van der Waals surface area contributed by atoms with Gasteiger partial charge in [-0.3, -0.25) is 8.98 Å². The second kappa shape index (κ2) is 8.23. The molecule has 0 amide bonds. The third-order valence-electron chi connectivity index (χ3n) is 4.01. The molecule has 2 heterocycles. The average molecular weight is 348 g/mol. The Morgan fingerprint density at radius 2 is 2.13 bits per heavy atom. The molecule has 0 spiro atoms. The number of carbonyl (C=O) groups is 1. The number of unbranched alkanes of at least 4 members (excludes halogenated alkanes) is 1. The summed E-state index contributed by atoms with van der Waals surface area (Å²) in [7, 11) is -2.14. The van der Waals surface area contributed by atoms with E-state index >= 15 is 0 Å². The normalized spacial score (nSPS) is 30.7. The lowest BCUT2D eigenvalue weighted by molar-refractivity contribution is -0.140. The monoisotopic (exact) mass is 348 g/mol. The van der Waals surface area contributed by atoms with Gasteiger partial charge in [-0.1, -0.05) is 12.2 Å². The molecule has 8 heteroatoms. The quantitative estimate of drug-likeness (QED) is 0.283. The van der Waals surface area contributed by atoms with Gasteiger partial charge in [0.05, 0.1) is 32.2 Å². The fourth-order valence-electron chi connectivity index (χ4n) is 2.90. The van der Waals surface area contributed by atoms with E-state index in [1.807, 2.05) is 12.2 Å². The van der Waals surface area contributed by atoms with Crippen molar-refractivity contribution in [3.63, 3.8) is 0 Å². The van der Waals surface area contributed by atoms with Crippen LogP contribution in [-0.4, -0.2) is 52.9 Å². The fourth-order valence-corrected chi connectivity index (χ4v) is 3.57. The van der Waals surface area contributed by atoms with E-state index in [0.29, 0.717) is 25.9 Å². The van der Waals surface area contributed by atoms with E-state index in [4.69, 9.17) is 13.7 Å². The minimum absolute atomic E-state index is 0.0552. The van der Waals surface area contributed by atoms with Gasteiger partial charge in [-0.2, -0.15) is 8.42 Å². The molecule has 2 rings (SSSR count). The maximum Gasteiger partial charge on any atom is 0.305 e. The third-order valence-corrected chi connectivity index (χ3v) is 4.60. The maximum atomic E-state index is 11.4. The largest absolute Gasteiger partial charge is 0.469 e. The first-order chi connectivity index (χ1) is 10.9. The Balaban J connectivity index is 1.83. The van der Waals surface area contributed by atoms with E-state index in [1.54, 1.807) is 0 Å². The predicted octanol–water partition coefficient (Wildman–Crippen LogP) is 1.38. The number of carbonyl (C=O) groups excluding carboxylic acids is 1. The lowest BCUT2D eigenvalue weighted by atomic mass is 9.89. The molecule has 2 aliphatic rings. The number of fused-ring (bicyclic) bond motifs is 2. The van der Waals surface area contributed by atoms with Gasteiger partial charge in [-0.05, 0) is 19.3 Å². The molecule has 7 nitrogen and oxygen atoms in total. The van der Waals surface area contributed by atoms with Crippen molar-refractivity contribution in [2.24, 2.45) is 5.92 Å². The molecule has 0 saturated carbocycles. The van der Waals surface area contributed by atoms with Crippen LogP contribution >= 0.6 is 0 Å². The van der Waals surface area contributed by atoms with Crippen LogP contribution in [0, 0.1) is 5.92 Å². The van der Waals surface area contributed by atoms with Crippen molar-refractivity contribution in [1.29, 1.82) is 0 Å². The average Bonchev–Trinajstić information content (AvgIpc) is 2.86. The van der Waals surface area contributed by atoms with Crippen molar-refractivity contribution < 1.29 is 31.6 Å². The van der Waals surface area contributed by atoms with Crippen LogP contribution in [0.3, 0.4) is 0 Å². The number of hydrogen-bond donors (Lipinski definition) is 0. The van der Waals surface area contributed by atoms with Gasteiger partial charge in [-0.15, -0.1) is 0 Å². The SMILES string of the molecule is COC(=O)CCC/C=C\C[C@@H]1[C@H]2CO[C@@H](C[C@H]1OS(C)(=O)=O)O2. The maximum absolute atomic E-state index is 11.4. The first kappa shape index (κ1) is 18.4. The summed E-state index contributed by atoms with van der Waals surface area (Å²) >= 11 is 0. The number of methoxy groups -OCH3 is 1. The zero-order chi connectivity index (χ0) is 16.9. The van der Waals surface area contributed by atoms with Gasteiger partial charge in [0.25, 0.3) is 10.1 Å². The molecular formula is C15H24O7S. The summed E-state index contributed by atoms with van der Waals surface area (Å²) in [5.41, 5.74) is 0. The number of esters is 1. The molecule has 2 saturated heterocycles. The molecular weight excluding hydrogens is 324 g/mol. The Labute approximate surface area is 137 Å². The van der Waals surface area contributed by atoms with Crippen LogP contribution in [0.25, 0.3) is 0 Å². The number of hydrogen-bond acceptors (Lipinski definition) is 7. The molecule has 0 aliphatic carbocycles. The van der Waals surface area contributed by atoms with Crippen LogP contribution in [-0.2, 0) is 33.3 Å². The lowest BCUT2D eigenvalue weighted by Crippen LogP contribution is -2.41. The summed E-state index contributed by atoms with van der Waals surface area (Å²) in [5, 5.41) is 0. The van der Waals surface area contributed by atoms with E-state index in [0.717, 1.165) is 19.1 Å². The van der Waals surface area contributed by atoms with Gasteiger partial charge in [0, 0.05) is 18.8 Å². The van der Waals surface area contributed by atoms with Crippen molar-refractivity contribution in [3.8, 4) is 0 Å². The highest BCUT2D eigenvalue weighted by Crippen LogP contribution is 2.36. The Hall–Kier alpha value is -0.960. The van der Waals surface area contributed by atoms with Crippen molar-refractivity contribution in [2.75, 3.05) is 20.0 Å². The van der Waals surface area contributed by atoms with Crippen LogP contribution in [0.15, 0.2) is 12.2 Å². The third kappa shape index (κ3) is 5.87. The molecule has 0 aromatic carbocycles. The first-order valence-electron chi connectivity index (χ1n) is 7.76. The zero-order valence-electron chi connectivity index (χ0n) is 13.5. The van der Waals surface area contributed by atoms with Crippen LogP contribution in [0.1, 0.15) is 32.1 Å². The Bertz CT molecular complexity index is 528. The van der Waals surface area contributed by atoms with Gasteiger partial charge in [0.1, 0.15) is 0 Å². The van der Waals surface area contributed by atoms with Gasteiger partial charge in [-0.25, -0.2) is 0 Å². The summed E-state index contributed by atoms with van der Waals surface area (Å²) in [6.07, 6.45) is 7.07. The molecule has 0 radical (unpaired) electrons. The minimum Gasteiger partial charge on any atom is -0.469 e. The second-order valence-corrected chi connectivity index (χ2v) is 7.45. The summed E-state index contributed by atoms with van der Waals surface area (Å²) < 4.78 is 43.8. The molecule has 2 fully saturated rings. The summed E-state index contributed by atoms with van der Waals surface area (Å²) in [4.78, 5) is 11.0. The fraction of sp³-hybridized carbons (Fsp3) is 0.800. The highest BCUT2D eigenvalue weighted by atomic mass is 32.2. The van der Waals surface area contributed by atoms with E-state index in [1.165, 1.54) is 7.11 Å². The van der Waals surface area contributed by atoms with E-state index in [2.05, 4.69) is 4.74 Å². The molecule has 4 atom stereocenters. The second-order valence-electron chi connectivity index (χ2n) is 5.85. The van der Waals surface area contributed by atoms with Crippen LogP contribution in [0.2, 0.25) is 0 Å². The predicted molar refractivity (Wildman–Crippen MR) is 82.1 cm³/mol. The summed E-state index contributed by atoms with van der Waals surface area (Å²) in [5.74, 6) is -0.268. The highest BCUT2D eigenvalue weighted by molar-refractivity contribution is 7.86. The van der Waals surface area contributed by atoms with E-state index in [-0.39, 0.29) is 24.3 Å². The first-order valence-corrected chi connectivity index (χ1v) is 9.58. The zero-order valence-corrected chi connectivity index (χ0v) is 14.3. The summed E-state index contributed by atoms with van der Waals surface area (Å²) in [6.45, 7) is 0.467. The molecule has 0 aromatic rings. The van der Waals surface area contributed by atoms with Crippen LogP contribution < -0.4 is 0 Å². The van der Waals surface area contributed by atoms with Crippen molar-refractivity contribution >= 4 is 16.1 Å². The molecule has 2 bridgehead atoms. The number of allylic oxidation sites excluding steroid dienone is 2. The Morgan fingerprint density at radius 3 is 2.83 bits per heavy atom. The van der Waals surface area contributed by atoms with Gasteiger partial charge in [0.15, 0.2) is 6.29 Å². The topological polar surface area (TPSA) is 88.1 Å². The van der Waals surface area contributed by atoms with E-state index < -0.39 is 16.2 Å². The standard InChI is InChI=1S/C15H24O7S/c1-19-14(16)8-6-4-3-5-7-11-12(22-23(2,17)18)9-15-20-10-13(11)21-15/h3,5,11-13,15H,4,6-10H2,1-2H3/b5-3-/t11-,12+,13+,15+/m0/s1. The Kier molecular flexibility index (Phi) is 6.58. The molecule has 2 aliphatic heterocycles. The lowest BCUT2D eigenvalue weighted by Gasteiger charge is -2.33. The summed E-state index contributed by atoms with van der Waals surface area (Å²) in [6, 6.07) is 0. The Morgan fingerprint density at radius 1 is 1.35 bits per heavy atom. The van der Waals surface area contributed by atoms with Gasteiger partial charge in [0.2, 0.25) is 0 Å². The number of ether oxygens (including phenoxy) is 3. The van der Waals surface area contributed by atoms with Crippen LogP contribution in [0.4, 0.5) is 0 Å². The van der Waals surface area contributed by atoms with Crippen LogP contribution in [0.5, 0.6) is 0 Å². The van der Waals surface area contributed by atoms with Crippen molar-refractivity contribution in [3.05, 3.63) is 12.2 Å². The number of rotatable bonds is 8. The molecule has 0 N–H and O–H groups in total. The molecule has 0 unspecified atom stereocenters. The minimum atomic E-state index is -3.51. The smallest absolute Gasteiger partial charge is 0.305 e. The van der Waals surface area contributed by atoms with Crippen molar-refractivity contribution in [1.82, 2.24) is 0 Å². The van der Waals surface area contributed by atoms with Gasteiger partial charge >= 0.3 is 5.97 Å². The van der Waals surface area contributed by atoms with E-state index in [9.17, 15) is 13.2 Å². The highest BCUT2D eigenvalue weighted by Gasteiger charge is 2.45. The molecule has 0 aromatic heterocycles.